The van der Waals surface area contributed by atoms with Gasteiger partial charge in [0.05, 0.1) is 9.73 Å². The first-order valence-corrected chi connectivity index (χ1v) is 7.39. The summed E-state index contributed by atoms with van der Waals surface area (Å²) in [5.74, 6) is 0.0531. The third-order valence-electron chi connectivity index (χ3n) is 2.71. The van der Waals surface area contributed by atoms with Gasteiger partial charge in [-0.05, 0) is 17.5 Å². The largest absolute Gasteiger partial charge is 0.384 e. The molecule has 0 bridgehead atoms. The van der Waals surface area contributed by atoms with Gasteiger partial charge in [0.25, 0.3) is 0 Å². The predicted octanol–water partition coefficient (Wildman–Crippen LogP) is 3.73. The van der Waals surface area contributed by atoms with Gasteiger partial charge in [0, 0.05) is 22.0 Å². The molecule has 0 fully saturated rings. The molecule has 0 unspecified atom stereocenters. The van der Waals surface area contributed by atoms with Crippen LogP contribution in [0.3, 0.4) is 0 Å². The van der Waals surface area contributed by atoms with Crippen molar-refractivity contribution in [1.29, 1.82) is 5.41 Å². The summed E-state index contributed by atoms with van der Waals surface area (Å²) >= 11 is 3.31. The molecule has 5 heteroatoms. The molecule has 3 nitrogen and oxygen atoms in total. The molecule has 0 aliphatic heterocycles. The van der Waals surface area contributed by atoms with Crippen LogP contribution in [0.1, 0.15) is 5.56 Å². The molecule has 3 aromatic rings. The Labute approximate surface area is 119 Å². The summed E-state index contributed by atoms with van der Waals surface area (Å²) in [5, 5.41) is 10.8. The lowest BCUT2D eigenvalue weighted by Crippen LogP contribution is -2.13. The molecule has 0 amide bonds. The van der Waals surface area contributed by atoms with Crippen LogP contribution in [0.25, 0.3) is 10.9 Å². The third kappa shape index (κ3) is 2.34. The quantitative estimate of drug-likeness (QED) is 0.569. The van der Waals surface area contributed by atoms with Crippen molar-refractivity contribution >= 4 is 39.8 Å². The van der Waals surface area contributed by atoms with E-state index in [1.165, 1.54) is 4.21 Å². The molecule has 3 rings (SSSR count). The Bertz CT molecular complexity index is 736. The van der Waals surface area contributed by atoms with E-state index in [1.807, 2.05) is 35.7 Å². The second kappa shape index (κ2) is 5.03. The lowest BCUT2D eigenvalue weighted by atomic mass is 10.1. The highest BCUT2D eigenvalue weighted by Gasteiger charge is 2.12. The van der Waals surface area contributed by atoms with Crippen molar-refractivity contribution < 1.29 is 0 Å². The molecule has 2 heterocycles. The molecule has 0 spiro atoms. The van der Waals surface area contributed by atoms with Crippen LogP contribution in [-0.2, 0) is 0 Å². The zero-order valence-corrected chi connectivity index (χ0v) is 11.6. The fourth-order valence-corrected chi connectivity index (χ4v) is 3.80. The summed E-state index contributed by atoms with van der Waals surface area (Å²) in [5.41, 5.74) is 7.28. The van der Waals surface area contributed by atoms with Gasteiger partial charge in [-0.25, -0.2) is 0 Å². The lowest BCUT2D eigenvalue weighted by molar-refractivity contribution is 1.29. The molecule has 19 heavy (non-hydrogen) atoms. The third-order valence-corrected chi connectivity index (χ3v) is 4.90. The first-order valence-electron chi connectivity index (χ1n) is 5.69. The van der Waals surface area contributed by atoms with Crippen LogP contribution in [-0.4, -0.2) is 10.8 Å². The number of amidine groups is 1. The van der Waals surface area contributed by atoms with Gasteiger partial charge in [-0.1, -0.05) is 36.0 Å². The number of hydrogen-bond donors (Lipinski definition) is 2. The number of rotatable bonds is 3. The standard InChI is InChI=1S/C14H11N3S2/c15-14(16)10-8-17-11-5-2-1-4-9(11)13(10)19-12-6-3-7-18-12/h1-8H,(H3,15,16). The summed E-state index contributed by atoms with van der Waals surface area (Å²) in [6.45, 7) is 0. The van der Waals surface area contributed by atoms with E-state index in [0.29, 0.717) is 5.56 Å². The van der Waals surface area contributed by atoms with E-state index in [0.717, 1.165) is 15.8 Å². The van der Waals surface area contributed by atoms with E-state index in [4.69, 9.17) is 11.1 Å². The fourth-order valence-electron chi connectivity index (χ4n) is 1.84. The minimum atomic E-state index is 0.0531. The van der Waals surface area contributed by atoms with E-state index in [1.54, 1.807) is 29.3 Å². The zero-order chi connectivity index (χ0) is 13.2. The van der Waals surface area contributed by atoms with Gasteiger partial charge in [-0.3, -0.25) is 10.4 Å². The Morgan fingerprint density at radius 1 is 1.21 bits per heavy atom. The number of aromatic nitrogens is 1. The number of benzene rings is 1. The molecule has 0 aliphatic rings. The first-order chi connectivity index (χ1) is 9.25. The van der Waals surface area contributed by atoms with E-state index < -0.39 is 0 Å². The average molecular weight is 285 g/mol. The van der Waals surface area contributed by atoms with Gasteiger partial charge in [0.2, 0.25) is 0 Å². The van der Waals surface area contributed by atoms with Crippen LogP contribution in [0.5, 0.6) is 0 Å². The first kappa shape index (κ1) is 12.2. The van der Waals surface area contributed by atoms with Crippen molar-refractivity contribution in [3.63, 3.8) is 0 Å². The van der Waals surface area contributed by atoms with Gasteiger partial charge >= 0.3 is 0 Å². The Balaban J connectivity index is 2.22. The highest BCUT2D eigenvalue weighted by molar-refractivity contribution is 8.01. The van der Waals surface area contributed by atoms with Crippen molar-refractivity contribution in [2.75, 3.05) is 0 Å². The summed E-state index contributed by atoms with van der Waals surface area (Å²) in [7, 11) is 0. The lowest BCUT2D eigenvalue weighted by Gasteiger charge is -2.10. The Morgan fingerprint density at radius 2 is 2.05 bits per heavy atom. The second-order valence-corrected chi connectivity index (χ2v) is 6.22. The molecule has 0 radical (unpaired) electrons. The van der Waals surface area contributed by atoms with Crippen LogP contribution in [0, 0.1) is 5.41 Å². The van der Waals surface area contributed by atoms with Crippen LogP contribution >= 0.6 is 23.1 Å². The molecule has 2 aromatic heterocycles. The number of para-hydroxylation sites is 1. The number of nitrogens with zero attached hydrogens (tertiary/aromatic N) is 1. The molecule has 0 saturated heterocycles. The summed E-state index contributed by atoms with van der Waals surface area (Å²) in [6.07, 6.45) is 1.68. The minimum Gasteiger partial charge on any atom is -0.384 e. The molecule has 0 saturated carbocycles. The topological polar surface area (TPSA) is 62.8 Å². The molecule has 94 valence electrons. The predicted molar refractivity (Wildman–Crippen MR) is 81.2 cm³/mol. The monoisotopic (exact) mass is 285 g/mol. The minimum absolute atomic E-state index is 0.0531. The highest BCUT2D eigenvalue weighted by atomic mass is 32.2. The zero-order valence-electron chi connectivity index (χ0n) is 9.96. The van der Waals surface area contributed by atoms with Gasteiger partial charge < -0.3 is 5.73 Å². The van der Waals surface area contributed by atoms with Crippen molar-refractivity contribution in [2.24, 2.45) is 5.73 Å². The van der Waals surface area contributed by atoms with Gasteiger partial charge in [0.15, 0.2) is 0 Å². The van der Waals surface area contributed by atoms with Gasteiger partial charge in [-0.15, -0.1) is 11.3 Å². The molecule has 3 N–H and O–H groups in total. The maximum atomic E-state index is 7.71. The number of fused-ring (bicyclic) bond motifs is 1. The van der Waals surface area contributed by atoms with Crippen molar-refractivity contribution in [3.05, 3.63) is 53.5 Å². The molecular weight excluding hydrogens is 274 g/mol. The SMILES string of the molecule is N=C(N)c1cnc2ccccc2c1Sc1cccs1. The van der Waals surface area contributed by atoms with Gasteiger partial charge in [0.1, 0.15) is 5.84 Å². The van der Waals surface area contributed by atoms with Crippen LogP contribution in [0.4, 0.5) is 0 Å². The number of nitrogens with one attached hydrogen (secondary N) is 1. The molecule has 0 atom stereocenters. The summed E-state index contributed by atoms with van der Waals surface area (Å²) in [4.78, 5) is 5.36. The molecular formula is C14H11N3S2. The number of hydrogen-bond acceptors (Lipinski definition) is 4. The smallest absolute Gasteiger partial charge is 0.125 e. The van der Waals surface area contributed by atoms with Crippen molar-refractivity contribution in [3.8, 4) is 0 Å². The maximum Gasteiger partial charge on any atom is 0.125 e. The van der Waals surface area contributed by atoms with E-state index >= 15 is 0 Å². The molecule has 0 aliphatic carbocycles. The fraction of sp³-hybridized carbons (Fsp3) is 0. The van der Waals surface area contributed by atoms with Crippen molar-refractivity contribution in [1.82, 2.24) is 4.98 Å². The number of nitrogen functional groups attached to an aromatic ring is 1. The molecule has 1 aromatic carbocycles. The van der Waals surface area contributed by atoms with Crippen LogP contribution in [0.15, 0.2) is 57.1 Å². The number of thiophene rings is 1. The van der Waals surface area contributed by atoms with E-state index in [-0.39, 0.29) is 5.84 Å². The highest BCUT2D eigenvalue weighted by Crippen LogP contribution is 2.37. The second-order valence-electron chi connectivity index (χ2n) is 3.97. The maximum absolute atomic E-state index is 7.71. The summed E-state index contributed by atoms with van der Waals surface area (Å²) < 4.78 is 1.18. The Morgan fingerprint density at radius 3 is 2.79 bits per heavy atom. The number of nitrogens with two attached hydrogens (primary N) is 1. The number of pyridine rings is 1. The summed E-state index contributed by atoms with van der Waals surface area (Å²) in [6, 6.07) is 12.0. The van der Waals surface area contributed by atoms with E-state index in [2.05, 4.69) is 11.1 Å². The normalized spacial score (nSPS) is 10.7. The van der Waals surface area contributed by atoms with Crippen LogP contribution in [0.2, 0.25) is 0 Å². The Hall–Kier alpha value is -1.85. The van der Waals surface area contributed by atoms with Gasteiger partial charge in [-0.2, -0.15) is 0 Å². The van der Waals surface area contributed by atoms with E-state index in [9.17, 15) is 0 Å². The van der Waals surface area contributed by atoms with Crippen molar-refractivity contribution in [2.45, 2.75) is 9.10 Å². The Kier molecular flexibility index (Phi) is 3.23. The average Bonchev–Trinajstić information content (AvgIpc) is 2.92. The van der Waals surface area contributed by atoms with Crippen LogP contribution < -0.4 is 5.73 Å².